The van der Waals surface area contributed by atoms with Crippen LogP contribution in [-0.2, 0) is 5.41 Å². The van der Waals surface area contributed by atoms with Crippen molar-refractivity contribution in [3.8, 4) is 5.75 Å². The smallest absolute Gasteiger partial charge is 0.497 e. The van der Waals surface area contributed by atoms with Crippen LogP contribution in [0.3, 0.4) is 0 Å². The summed E-state index contributed by atoms with van der Waals surface area (Å²) in [7, 11) is -2.08. The molecule has 1 aromatic rings. The second-order valence-corrected chi connectivity index (χ2v) is 6.36. The molecule has 2 atom stereocenters. The third-order valence-electron chi connectivity index (χ3n) is 4.61. The second kappa shape index (κ2) is 8.54. The van der Waals surface area contributed by atoms with Crippen molar-refractivity contribution in [3.63, 3.8) is 0 Å². The SMILES string of the molecule is CCCC1(c2cccc(OC)c2)CC=[N+](C)CC1C.F[B-](F)(F)F. The highest BCUT2D eigenvalue weighted by atomic mass is 19.5. The van der Waals surface area contributed by atoms with Crippen LogP contribution in [0.5, 0.6) is 5.75 Å². The summed E-state index contributed by atoms with van der Waals surface area (Å²) in [5.41, 5.74) is 1.71. The van der Waals surface area contributed by atoms with Crippen molar-refractivity contribution in [1.82, 2.24) is 0 Å². The van der Waals surface area contributed by atoms with Gasteiger partial charge in [0.1, 0.15) is 25.6 Å². The third-order valence-corrected chi connectivity index (χ3v) is 4.61. The Morgan fingerprint density at radius 2 is 1.92 bits per heavy atom. The van der Waals surface area contributed by atoms with E-state index in [1.54, 1.807) is 7.11 Å². The van der Waals surface area contributed by atoms with Gasteiger partial charge < -0.3 is 22.0 Å². The number of hydrogen-bond acceptors (Lipinski definition) is 1. The van der Waals surface area contributed by atoms with E-state index in [0.717, 1.165) is 18.7 Å². The first-order valence-electron chi connectivity index (χ1n) is 8.17. The van der Waals surface area contributed by atoms with Crippen molar-refractivity contribution < 1.29 is 26.6 Å². The Morgan fingerprint density at radius 1 is 1.29 bits per heavy atom. The van der Waals surface area contributed by atoms with Crippen molar-refractivity contribution in [2.75, 3.05) is 20.7 Å². The quantitative estimate of drug-likeness (QED) is 0.434. The largest absolute Gasteiger partial charge is 0.673 e. The molecule has 1 aliphatic heterocycles. The van der Waals surface area contributed by atoms with Crippen molar-refractivity contribution >= 4 is 13.5 Å². The highest BCUT2D eigenvalue weighted by Gasteiger charge is 2.41. The molecular formula is C17H26BF4NO. The van der Waals surface area contributed by atoms with E-state index < -0.39 is 7.25 Å². The molecule has 0 bridgehead atoms. The van der Waals surface area contributed by atoms with E-state index in [1.807, 2.05) is 6.07 Å². The molecule has 0 saturated carbocycles. The molecule has 0 fully saturated rings. The van der Waals surface area contributed by atoms with Gasteiger partial charge in [0.2, 0.25) is 0 Å². The minimum atomic E-state index is -6.00. The lowest BCUT2D eigenvalue weighted by molar-refractivity contribution is -0.509. The van der Waals surface area contributed by atoms with Crippen LogP contribution in [0.2, 0.25) is 0 Å². The summed E-state index contributed by atoms with van der Waals surface area (Å²) >= 11 is 0. The standard InChI is InChI=1S/C17H26NO.BF4/c1-5-9-17(10-11-18(3)13-14(17)2)15-7-6-8-16(12-15)19-4;2-1(3,4)5/h6-8,11-12,14H,5,9-10,13H2,1-4H3;/q+1;-1. The highest BCUT2D eigenvalue weighted by molar-refractivity contribution is 6.50. The Bertz CT molecular complexity index is 556. The van der Waals surface area contributed by atoms with Gasteiger partial charge in [-0.05, 0) is 24.1 Å². The lowest BCUT2D eigenvalue weighted by Crippen LogP contribution is -2.43. The maximum absolute atomic E-state index is 9.75. The van der Waals surface area contributed by atoms with Crippen molar-refractivity contribution in [1.29, 1.82) is 0 Å². The fourth-order valence-corrected chi connectivity index (χ4v) is 3.48. The molecule has 7 heteroatoms. The Kier molecular flexibility index (Phi) is 7.30. The fourth-order valence-electron chi connectivity index (χ4n) is 3.48. The molecule has 0 saturated heterocycles. The summed E-state index contributed by atoms with van der Waals surface area (Å²) in [6.07, 6.45) is 5.95. The van der Waals surface area contributed by atoms with E-state index in [4.69, 9.17) is 4.74 Å². The molecule has 24 heavy (non-hydrogen) atoms. The molecule has 2 nitrogen and oxygen atoms in total. The first-order chi connectivity index (χ1) is 11.1. The Balaban J connectivity index is 0.000000505. The van der Waals surface area contributed by atoms with E-state index >= 15 is 0 Å². The van der Waals surface area contributed by atoms with Gasteiger partial charge in [0.25, 0.3) is 0 Å². The average molecular weight is 347 g/mol. The Labute approximate surface area is 141 Å². The first-order valence-corrected chi connectivity index (χ1v) is 8.17. The highest BCUT2D eigenvalue weighted by Crippen LogP contribution is 2.42. The topological polar surface area (TPSA) is 12.2 Å². The molecule has 136 valence electrons. The molecule has 1 heterocycles. The van der Waals surface area contributed by atoms with E-state index in [1.165, 1.54) is 18.4 Å². The van der Waals surface area contributed by atoms with Crippen molar-refractivity contribution in [3.05, 3.63) is 29.8 Å². The van der Waals surface area contributed by atoms with Crippen LogP contribution in [-0.4, -0.2) is 38.7 Å². The molecule has 2 rings (SSSR count). The summed E-state index contributed by atoms with van der Waals surface area (Å²) in [6, 6.07) is 8.66. The molecule has 1 aromatic carbocycles. The van der Waals surface area contributed by atoms with Gasteiger partial charge >= 0.3 is 7.25 Å². The zero-order valence-corrected chi connectivity index (χ0v) is 14.7. The predicted octanol–water partition coefficient (Wildman–Crippen LogP) is 4.79. The van der Waals surface area contributed by atoms with Crippen LogP contribution in [0.4, 0.5) is 17.3 Å². The molecule has 0 radical (unpaired) electrons. The van der Waals surface area contributed by atoms with Crippen LogP contribution in [0.25, 0.3) is 0 Å². The normalized spacial score (nSPS) is 23.8. The monoisotopic (exact) mass is 347 g/mol. The summed E-state index contributed by atoms with van der Waals surface area (Å²) < 4.78 is 46.7. The molecule has 2 unspecified atom stereocenters. The molecule has 0 aliphatic carbocycles. The maximum Gasteiger partial charge on any atom is 0.673 e. The number of benzene rings is 1. The number of halogens is 4. The molecule has 0 N–H and O–H groups in total. The summed E-state index contributed by atoms with van der Waals surface area (Å²) in [5.74, 6) is 1.63. The maximum atomic E-state index is 9.75. The zero-order chi connectivity index (χ0) is 18.4. The fraction of sp³-hybridized carbons (Fsp3) is 0.588. The minimum absolute atomic E-state index is 0.274. The summed E-state index contributed by atoms with van der Waals surface area (Å²) in [6.45, 7) is 5.81. The van der Waals surface area contributed by atoms with Crippen LogP contribution in [0.15, 0.2) is 24.3 Å². The number of nitrogens with zero attached hydrogens (tertiary/aromatic N) is 1. The molecule has 1 aliphatic rings. The van der Waals surface area contributed by atoms with Gasteiger partial charge in [0.15, 0.2) is 0 Å². The molecule has 0 aromatic heterocycles. The number of ether oxygens (including phenoxy) is 1. The predicted molar refractivity (Wildman–Crippen MR) is 90.7 cm³/mol. The van der Waals surface area contributed by atoms with Crippen LogP contribution in [0.1, 0.15) is 38.7 Å². The zero-order valence-electron chi connectivity index (χ0n) is 14.7. The first kappa shape index (κ1) is 20.5. The van der Waals surface area contributed by atoms with Gasteiger partial charge in [-0.2, -0.15) is 0 Å². The van der Waals surface area contributed by atoms with Crippen LogP contribution in [0, 0.1) is 5.92 Å². The van der Waals surface area contributed by atoms with E-state index in [0.29, 0.717) is 5.92 Å². The van der Waals surface area contributed by atoms with Crippen molar-refractivity contribution in [2.45, 2.75) is 38.5 Å². The van der Waals surface area contributed by atoms with E-state index in [2.05, 4.69) is 49.9 Å². The van der Waals surface area contributed by atoms with Gasteiger partial charge in [0.05, 0.1) is 7.11 Å². The van der Waals surface area contributed by atoms with E-state index in [9.17, 15) is 17.3 Å². The van der Waals surface area contributed by atoms with Gasteiger partial charge in [0, 0.05) is 17.8 Å². The molecule has 0 spiro atoms. The van der Waals surface area contributed by atoms with Crippen molar-refractivity contribution in [2.24, 2.45) is 5.92 Å². The van der Waals surface area contributed by atoms with Gasteiger partial charge in [-0.25, -0.2) is 4.58 Å². The third kappa shape index (κ3) is 5.84. The average Bonchev–Trinajstić information content (AvgIpc) is 2.49. The number of rotatable bonds is 4. The Morgan fingerprint density at radius 3 is 2.42 bits per heavy atom. The van der Waals surface area contributed by atoms with Gasteiger partial charge in [-0.3, -0.25) is 0 Å². The second-order valence-electron chi connectivity index (χ2n) is 6.36. The van der Waals surface area contributed by atoms with Gasteiger partial charge in [-0.1, -0.05) is 32.4 Å². The van der Waals surface area contributed by atoms with Crippen LogP contribution < -0.4 is 4.74 Å². The van der Waals surface area contributed by atoms with E-state index in [-0.39, 0.29) is 5.41 Å². The Hall–Kier alpha value is -1.53. The van der Waals surface area contributed by atoms with Gasteiger partial charge in [-0.15, -0.1) is 0 Å². The lowest BCUT2D eigenvalue weighted by atomic mass is 9.65. The number of hydrogen-bond donors (Lipinski definition) is 0. The summed E-state index contributed by atoms with van der Waals surface area (Å²) in [4.78, 5) is 0. The lowest BCUT2D eigenvalue weighted by Gasteiger charge is -2.39. The minimum Gasteiger partial charge on any atom is -0.497 e. The molecular weight excluding hydrogens is 321 g/mol. The summed E-state index contributed by atoms with van der Waals surface area (Å²) in [5, 5.41) is 0. The molecule has 0 amide bonds. The number of methoxy groups -OCH3 is 1. The van der Waals surface area contributed by atoms with Crippen LogP contribution >= 0.6 is 0 Å².